The number of ether oxygens (including phenoxy) is 1. The molecule has 19 heavy (non-hydrogen) atoms. The fraction of sp³-hybridized carbons (Fsp3) is 0.250. The molecule has 0 bridgehead atoms. The van der Waals surface area contributed by atoms with Crippen LogP contribution in [0.2, 0.25) is 0 Å². The van der Waals surface area contributed by atoms with Crippen LogP contribution in [0.3, 0.4) is 0 Å². The number of hydrogen-bond donors (Lipinski definition) is 1. The van der Waals surface area contributed by atoms with Crippen molar-refractivity contribution in [3.05, 3.63) is 71.0 Å². The van der Waals surface area contributed by atoms with E-state index in [2.05, 4.69) is 0 Å². The van der Waals surface area contributed by atoms with E-state index in [1.807, 2.05) is 24.3 Å². The van der Waals surface area contributed by atoms with E-state index in [1.54, 1.807) is 25.3 Å². The van der Waals surface area contributed by atoms with Crippen molar-refractivity contribution in [3.8, 4) is 0 Å². The monoisotopic (exact) mass is 260 g/mol. The number of rotatable bonds is 5. The Balaban J connectivity index is 2.07. The smallest absolute Gasteiger partial charge is 0.126 e. The van der Waals surface area contributed by atoms with Crippen LogP contribution in [0.25, 0.3) is 0 Å². The highest BCUT2D eigenvalue weighted by atomic mass is 19.1. The largest absolute Gasteiger partial charge is 0.388 e. The van der Waals surface area contributed by atoms with Crippen LogP contribution >= 0.6 is 0 Å². The molecule has 2 aromatic rings. The van der Waals surface area contributed by atoms with Crippen molar-refractivity contribution in [2.75, 3.05) is 7.11 Å². The summed E-state index contributed by atoms with van der Waals surface area (Å²) in [6.07, 6.45) is -0.426. The fourth-order valence-electron chi connectivity index (χ4n) is 1.99. The van der Waals surface area contributed by atoms with Gasteiger partial charge in [-0.05, 0) is 22.8 Å². The molecular formula is C16H17FO2. The Bertz CT molecular complexity index is 523. The first-order valence-corrected chi connectivity index (χ1v) is 6.20. The minimum Gasteiger partial charge on any atom is -0.388 e. The maximum Gasteiger partial charge on any atom is 0.126 e. The number of aliphatic hydroxyl groups is 1. The molecule has 100 valence electrons. The van der Waals surface area contributed by atoms with Gasteiger partial charge in [-0.15, -0.1) is 0 Å². The maximum atomic E-state index is 13.5. The van der Waals surface area contributed by atoms with E-state index in [1.165, 1.54) is 6.07 Å². The lowest BCUT2D eigenvalue weighted by atomic mass is 10.00. The Labute approximate surface area is 112 Å². The maximum absolute atomic E-state index is 13.5. The summed E-state index contributed by atoms with van der Waals surface area (Å²) in [6, 6.07) is 14.0. The summed E-state index contributed by atoms with van der Waals surface area (Å²) >= 11 is 0. The van der Waals surface area contributed by atoms with Gasteiger partial charge in [0.2, 0.25) is 0 Å². The SMILES string of the molecule is COCc1ccc(C(O)Cc2ccccc2F)cc1. The van der Waals surface area contributed by atoms with E-state index >= 15 is 0 Å². The van der Waals surface area contributed by atoms with Gasteiger partial charge in [-0.1, -0.05) is 42.5 Å². The van der Waals surface area contributed by atoms with Gasteiger partial charge in [0.1, 0.15) is 5.82 Å². The lowest BCUT2D eigenvalue weighted by molar-refractivity contribution is 0.176. The molecule has 0 aliphatic heterocycles. The molecule has 1 unspecified atom stereocenters. The Morgan fingerprint density at radius 3 is 2.42 bits per heavy atom. The summed E-state index contributed by atoms with van der Waals surface area (Å²) in [5.74, 6) is -0.280. The molecule has 1 N–H and O–H groups in total. The van der Waals surface area contributed by atoms with Crippen LogP contribution < -0.4 is 0 Å². The number of aliphatic hydroxyl groups excluding tert-OH is 1. The Morgan fingerprint density at radius 1 is 1.11 bits per heavy atom. The molecule has 0 aliphatic carbocycles. The second-order valence-electron chi connectivity index (χ2n) is 4.49. The van der Waals surface area contributed by atoms with Crippen molar-refractivity contribution in [3.63, 3.8) is 0 Å². The number of benzene rings is 2. The van der Waals surface area contributed by atoms with E-state index in [9.17, 15) is 9.50 Å². The first-order valence-electron chi connectivity index (χ1n) is 6.20. The molecule has 2 rings (SSSR count). The molecule has 0 spiro atoms. The molecule has 3 heteroatoms. The van der Waals surface area contributed by atoms with E-state index in [-0.39, 0.29) is 12.2 Å². The molecule has 0 heterocycles. The molecular weight excluding hydrogens is 243 g/mol. The van der Waals surface area contributed by atoms with Crippen molar-refractivity contribution in [2.45, 2.75) is 19.1 Å². The Kier molecular flexibility index (Phi) is 4.66. The summed E-state index contributed by atoms with van der Waals surface area (Å²) in [5, 5.41) is 10.1. The van der Waals surface area contributed by atoms with Crippen LogP contribution in [0.1, 0.15) is 22.8 Å². The zero-order valence-electron chi connectivity index (χ0n) is 10.8. The van der Waals surface area contributed by atoms with Crippen LogP contribution in [0.15, 0.2) is 48.5 Å². The first-order chi connectivity index (χ1) is 9.20. The number of hydrogen-bond acceptors (Lipinski definition) is 2. The molecule has 0 aliphatic rings. The van der Waals surface area contributed by atoms with Gasteiger partial charge in [-0.25, -0.2) is 4.39 Å². The highest BCUT2D eigenvalue weighted by Gasteiger charge is 2.11. The van der Waals surface area contributed by atoms with Crippen molar-refractivity contribution >= 4 is 0 Å². The number of methoxy groups -OCH3 is 1. The minimum absolute atomic E-state index is 0.274. The van der Waals surface area contributed by atoms with Gasteiger partial charge in [0.25, 0.3) is 0 Å². The fourth-order valence-corrected chi connectivity index (χ4v) is 1.99. The lowest BCUT2D eigenvalue weighted by Crippen LogP contribution is -2.03. The molecule has 0 amide bonds. The average molecular weight is 260 g/mol. The molecule has 1 atom stereocenters. The van der Waals surface area contributed by atoms with Gasteiger partial charge < -0.3 is 9.84 Å². The summed E-state index contributed by atoms with van der Waals surface area (Å²) in [4.78, 5) is 0. The zero-order valence-corrected chi connectivity index (χ0v) is 10.8. The highest BCUT2D eigenvalue weighted by Crippen LogP contribution is 2.20. The topological polar surface area (TPSA) is 29.5 Å². The molecule has 2 nitrogen and oxygen atoms in total. The summed E-state index contributed by atoms with van der Waals surface area (Å²) in [5.41, 5.74) is 2.35. The summed E-state index contributed by atoms with van der Waals surface area (Å²) in [7, 11) is 1.64. The van der Waals surface area contributed by atoms with E-state index in [0.29, 0.717) is 12.2 Å². The van der Waals surface area contributed by atoms with E-state index in [4.69, 9.17) is 4.74 Å². The summed E-state index contributed by atoms with van der Waals surface area (Å²) < 4.78 is 18.5. The van der Waals surface area contributed by atoms with Crippen LogP contribution in [0.4, 0.5) is 4.39 Å². The molecule has 0 aromatic heterocycles. The standard InChI is InChI=1S/C16H17FO2/c1-19-11-12-6-8-13(9-7-12)16(18)10-14-4-2-3-5-15(14)17/h2-9,16,18H,10-11H2,1H3. The summed E-state index contributed by atoms with van der Waals surface area (Å²) in [6.45, 7) is 0.545. The second-order valence-corrected chi connectivity index (χ2v) is 4.49. The normalized spacial score (nSPS) is 12.4. The predicted octanol–water partition coefficient (Wildman–Crippen LogP) is 3.25. The average Bonchev–Trinajstić information content (AvgIpc) is 2.42. The quantitative estimate of drug-likeness (QED) is 0.894. The third-order valence-electron chi connectivity index (χ3n) is 3.05. The lowest BCUT2D eigenvalue weighted by Gasteiger charge is -2.12. The number of halogens is 1. The van der Waals surface area contributed by atoms with Crippen LogP contribution in [-0.2, 0) is 17.8 Å². The van der Waals surface area contributed by atoms with Crippen LogP contribution in [0, 0.1) is 5.82 Å². The third-order valence-corrected chi connectivity index (χ3v) is 3.05. The van der Waals surface area contributed by atoms with Crippen molar-refractivity contribution in [2.24, 2.45) is 0 Å². The van der Waals surface area contributed by atoms with Gasteiger partial charge in [0.15, 0.2) is 0 Å². The first kappa shape index (κ1) is 13.7. The highest BCUT2D eigenvalue weighted by molar-refractivity contribution is 5.26. The van der Waals surface area contributed by atoms with Gasteiger partial charge in [0, 0.05) is 13.5 Å². The minimum atomic E-state index is -0.700. The molecule has 0 fully saturated rings. The molecule has 0 radical (unpaired) electrons. The third kappa shape index (κ3) is 3.63. The Hall–Kier alpha value is -1.71. The zero-order chi connectivity index (χ0) is 13.7. The van der Waals surface area contributed by atoms with Crippen LogP contribution in [-0.4, -0.2) is 12.2 Å². The van der Waals surface area contributed by atoms with Crippen molar-refractivity contribution in [1.82, 2.24) is 0 Å². The van der Waals surface area contributed by atoms with Crippen molar-refractivity contribution in [1.29, 1.82) is 0 Å². The van der Waals surface area contributed by atoms with E-state index < -0.39 is 6.10 Å². The van der Waals surface area contributed by atoms with Crippen LogP contribution in [0.5, 0.6) is 0 Å². The van der Waals surface area contributed by atoms with Gasteiger partial charge >= 0.3 is 0 Å². The van der Waals surface area contributed by atoms with Gasteiger partial charge in [-0.2, -0.15) is 0 Å². The van der Waals surface area contributed by atoms with E-state index in [0.717, 1.165) is 11.1 Å². The second kappa shape index (κ2) is 6.45. The Morgan fingerprint density at radius 2 is 1.79 bits per heavy atom. The molecule has 2 aromatic carbocycles. The van der Waals surface area contributed by atoms with Gasteiger partial charge in [0.05, 0.1) is 12.7 Å². The van der Waals surface area contributed by atoms with Crippen molar-refractivity contribution < 1.29 is 14.2 Å². The molecule has 0 saturated carbocycles. The van der Waals surface area contributed by atoms with Gasteiger partial charge in [-0.3, -0.25) is 0 Å². The molecule has 0 saturated heterocycles. The predicted molar refractivity (Wildman–Crippen MR) is 72.2 cm³/mol.